The molecule has 2 aliphatic heterocycles. The fourth-order valence-electron chi connectivity index (χ4n) is 6.08. The van der Waals surface area contributed by atoms with Crippen LogP contribution in [0.25, 0.3) is 32.8 Å². The molecule has 0 unspecified atom stereocenters. The molecule has 2 aliphatic rings. The Morgan fingerprint density at radius 3 is 2.61 bits per heavy atom. The van der Waals surface area contributed by atoms with Crippen LogP contribution in [0.15, 0.2) is 61.2 Å². The van der Waals surface area contributed by atoms with Crippen molar-refractivity contribution in [3.8, 4) is 17.1 Å². The number of hydrogen-bond donors (Lipinski definition) is 0. The van der Waals surface area contributed by atoms with Crippen molar-refractivity contribution in [1.29, 1.82) is 0 Å². The number of ether oxygens (including phenoxy) is 1. The molecule has 0 N–H and O–H groups in total. The lowest BCUT2D eigenvalue weighted by molar-refractivity contribution is -0.126. The average molecular weight is 591 g/mol. The number of benzene rings is 3. The monoisotopic (exact) mass is 589 g/mol. The highest BCUT2D eigenvalue weighted by molar-refractivity contribution is 6.38. The zero-order valence-electron chi connectivity index (χ0n) is 23.3. The van der Waals surface area contributed by atoms with Gasteiger partial charge >= 0.3 is 6.01 Å². The third-order valence-electron chi connectivity index (χ3n) is 8.35. The number of amides is 1. The summed E-state index contributed by atoms with van der Waals surface area (Å²) in [5, 5.41) is 4.09. The van der Waals surface area contributed by atoms with Gasteiger partial charge in [-0.3, -0.25) is 4.79 Å². The second-order valence-electron chi connectivity index (χ2n) is 10.9. The zero-order chi connectivity index (χ0) is 28.7. The summed E-state index contributed by atoms with van der Waals surface area (Å²) in [6, 6.07) is 16.6. The predicted molar refractivity (Wildman–Crippen MR) is 167 cm³/mol. The van der Waals surface area contributed by atoms with Gasteiger partial charge in [0.25, 0.3) is 0 Å². The minimum Gasteiger partial charge on any atom is -0.462 e. The van der Waals surface area contributed by atoms with Crippen LogP contribution in [0.2, 0.25) is 10.0 Å². The lowest BCUT2D eigenvalue weighted by Crippen LogP contribution is -2.53. The van der Waals surface area contributed by atoms with Crippen molar-refractivity contribution in [3.63, 3.8) is 0 Å². The van der Waals surface area contributed by atoms with Gasteiger partial charge in [0.2, 0.25) is 5.91 Å². The van der Waals surface area contributed by atoms with Gasteiger partial charge in [-0.05, 0) is 68.6 Å². The van der Waals surface area contributed by atoms with Crippen molar-refractivity contribution in [2.45, 2.75) is 31.8 Å². The third kappa shape index (κ3) is 5.34. The van der Waals surface area contributed by atoms with E-state index in [2.05, 4.69) is 30.4 Å². The van der Waals surface area contributed by atoms with Crippen LogP contribution < -0.4 is 9.64 Å². The molecule has 212 valence electrons. The van der Waals surface area contributed by atoms with E-state index in [4.69, 9.17) is 37.9 Å². The standard InChI is InChI=1S/C32H33Cl2N5O2/c1-4-29(40)38-14-15-39(20(2)18-38)31-25-16-27(34)24(23-11-5-8-21-9-6-12-26(33)30(21)23)17-28(25)35-32(36-31)41-19-22-10-7-13-37(22)3/h4-6,8-9,11-12,16-17,20,22H,1,7,10,13-15,18-19H2,2-3H3/t20-,22-/m0/s1. The number of likely N-dealkylation sites (N-methyl/N-ethyl adjacent to an activating group) is 1. The highest BCUT2D eigenvalue weighted by Crippen LogP contribution is 2.41. The first-order chi connectivity index (χ1) is 19.8. The summed E-state index contributed by atoms with van der Waals surface area (Å²) >= 11 is 13.7. The molecule has 4 aromatic rings. The molecule has 0 radical (unpaired) electrons. The summed E-state index contributed by atoms with van der Waals surface area (Å²) in [6.45, 7) is 9.10. The number of carbonyl (C=O) groups is 1. The Morgan fingerprint density at radius 2 is 1.88 bits per heavy atom. The van der Waals surface area contributed by atoms with Gasteiger partial charge in [0.1, 0.15) is 12.4 Å². The Labute approximate surface area is 250 Å². The molecule has 1 aromatic heterocycles. The molecule has 41 heavy (non-hydrogen) atoms. The number of anilines is 1. The van der Waals surface area contributed by atoms with E-state index in [9.17, 15) is 4.79 Å². The van der Waals surface area contributed by atoms with E-state index in [0.717, 1.165) is 58.0 Å². The lowest BCUT2D eigenvalue weighted by Gasteiger charge is -2.40. The second kappa shape index (κ2) is 11.5. The summed E-state index contributed by atoms with van der Waals surface area (Å²) in [5.74, 6) is 0.697. The molecule has 0 saturated carbocycles. The van der Waals surface area contributed by atoms with E-state index in [0.29, 0.717) is 48.3 Å². The molecule has 6 rings (SSSR count). The van der Waals surface area contributed by atoms with Crippen LogP contribution in [0, 0.1) is 0 Å². The van der Waals surface area contributed by atoms with Gasteiger partial charge in [-0.1, -0.05) is 60.1 Å². The molecule has 2 atom stereocenters. The number of hydrogen-bond acceptors (Lipinski definition) is 6. The first-order valence-electron chi connectivity index (χ1n) is 14.0. The van der Waals surface area contributed by atoms with Crippen LogP contribution in [0.4, 0.5) is 5.82 Å². The summed E-state index contributed by atoms with van der Waals surface area (Å²) in [7, 11) is 2.13. The summed E-state index contributed by atoms with van der Waals surface area (Å²) in [6.07, 6.45) is 3.62. The van der Waals surface area contributed by atoms with Gasteiger partial charge in [0.15, 0.2) is 0 Å². The van der Waals surface area contributed by atoms with E-state index in [1.165, 1.54) is 6.08 Å². The summed E-state index contributed by atoms with van der Waals surface area (Å²) in [4.78, 5) is 28.5. The van der Waals surface area contributed by atoms with Gasteiger partial charge < -0.3 is 19.4 Å². The maximum atomic E-state index is 12.3. The van der Waals surface area contributed by atoms with Crippen LogP contribution in [0.5, 0.6) is 6.01 Å². The molecule has 2 fully saturated rings. The number of likely N-dealkylation sites (tertiary alicyclic amines) is 1. The maximum absolute atomic E-state index is 12.3. The van der Waals surface area contributed by atoms with Gasteiger partial charge in [0, 0.05) is 58.1 Å². The normalized spacial score (nSPS) is 19.7. The largest absolute Gasteiger partial charge is 0.462 e. The number of aromatic nitrogens is 2. The maximum Gasteiger partial charge on any atom is 0.319 e. The van der Waals surface area contributed by atoms with Gasteiger partial charge in [0.05, 0.1) is 5.52 Å². The van der Waals surface area contributed by atoms with Crippen molar-refractivity contribution >= 4 is 56.6 Å². The van der Waals surface area contributed by atoms with Crippen LogP contribution >= 0.6 is 23.2 Å². The molecule has 7 nitrogen and oxygen atoms in total. The fraction of sp³-hybridized carbons (Fsp3) is 0.344. The van der Waals surface area contributed by atoms with E-state index < -0.39 is 0 Å². The van der Waals surface area contributed by atoms with E-state index in [-0.39, 0.29) is 11.9 Å². The zero-order valence-corrected chi connectivity index (χ0v) is 24.8. The van der Waals surface area contributed by atoms with Crippen molar-refractivity contribution in [3.05, 3.63) is 71.2 Å². The van der Waals surface area contributed by atoms with E-state index in [1.54, 1.807) is 0 Å². The first-order valence-corrected chi connectivity index (χ1v) is 14.8. The molecule has 3 heterocycles. The Morgan fingerprint density at radius 1 is 1.07 bits per heavy atom. The molecule has 1 amide bonds. The van der Waals surface area contributed by atoms with Crippen LogP contribution in [-0.2, 0) is 4.79 Å². The lowest BCUT2D eigenvalue weighted by atomic mass is 9.97. The number of halogens is 2. The highest BCUT2D eigenvalue weighted by Gasteiger charge is 2.29. The van der Waals surface area contributed by atoms with Crippen molar-refractivity contribution in [2.75, 3.05) is 44.7 Å². The fourth-order valence-corrected chi connectivity index (χ4v) is 6.63. The quantitative estimate of drug-likeness (QED) is 0.241. The number of piperazine rings is 1. The Bertz CT molecular complexity index is 1640. The summed E-state index contributed by atoms with van der Waals surface area (Å²) in [5.41, 5.74) is 2.53. The SMILES string of the molecule is C=CC(=O)N1CCN(c2nc(OC[C@@H]3CCCN3C)nc3cc(-c4cccc5cccc(Cl)c45)c(Cl)cc23)[C@@H](C)C1. The van der Waals surface area contributed by atoms with Gasteiger partial charge in [-0.15, -0.1) is 0 Å². The minimum absolute atomic E-state index is 0.0230. The molecule has 3 aromatic carbocycles. The number of fused-ring (bicyclic) bond motifs is 2. The predicted octanol–water partition coefficient (Wildman–Crippen LogP) is 6.45. The van der Waals surface area contributed by atoms with Crippen LogP contribution in [0.3, 0.4) is 0 Å². The molecular weight excluding hydrogens is 557 g/mol. The molecule has 0 spiro atoms. The molecule has 0 aliphatic carbocycles. The number of carbonyl (C=O) groups excluding carboxylic acids is 1. The van der Waals surface area contributed by atoms with Crippen LogP contribution in [0.1, 0.15) is 19.8 Å². The molecular formula is C32H33Cl2N5O2. The third-order valence-corrected chi connectivity index (χ3v) is 8.98. The second-order valence-corrected chi connectivity index (χ2v) is 11.8. The van der Waals surface area contributed by atoms with Crippen molar-refractivity contribution in [1.82, 2.24) is 19.8 Å². The van der Waals surface area contributed by atoms with Crippen molar-refractivity contribution < 1.29 is 9.53 Å². The average Bonchev–Trinajstić information content (AvgIpc) is 3.39. The van der Waals surface area contributed by atoms with Gasteiger partial charge in [-0.2, -0.15) is 9.97 Å². The smallest absolute Gasteiger partial charge is 0.319 e. The Balaban J connectivity index is 1.45. The first kappa shape index (κ1) is 27.8. The Kier molecular flexibility index (Phi) is 7.77. The molecule has 2 saturated heterocycles. The number of nitrogens with zero attached hydrogens (tertiary/aromatic N) is 5. The van der Waals surface area contributed by atoms with Gasteiger partial charge in [-0.25, -0.2) is 0 Å². The number of rotatable bonds is 6. The highest BCUT2D eigenvalue weighted by atomic mass is 35.5. The summed E-state index contributed by atoms with van der Waals surface area (Å²) < 4.78 is 6.25. The van der Waals surface area contributed by atoms with Crippen molar-refractivity contribution in [2.24, 2.45) is 0 Å². The molecule has 0 bridgehead atoms. The Hall–Kier alpha value is -3.39. The minimum atomic E-state index is -0.0600. The van der Waals surface area contributed by atoms with E-state index in [1.807, 2.05) is 53.4 Å². The topological polar surface area (TPSA) is 61.8 Å². The van der Waals surface area contributed by atoms with E-state index >= 15 is 0 Å². The molecule has 9 heteroatoms. The van der Waals surface area contributed by atoms with Crippen LogP contribution in [-0.4, -0.2) is 77.6 Å².